The predicted octanol–water partition coefficient (Wildman–Crippen LogP) is 3.58. The third-order valence-electron chi connectivity index (χ3n) is 3.56. The Morgan fingerprint density at radius 1 is 1.11 bits per heavy atom. The van der Waals surface area contributed by atoms with Crippen molar-refractivity contribution >= 4 is 5.57 Å². The molecule has 1 aliphatic rings. The smallest absolute Gasteiger partial charge is 0.118 e. The molecule has 1 aliphatic heterocycles. The van der Waals surface area contributed by atoms with E-state index < -0.39 is 0 Å². The highest BCUT2D eigenvalue weighted by Gasteiger charge is 2.24. The number of hydrogen-bond acceptors (Lipinski definition) is 2. The number of methoxy groups -OCH3 is 1. The van der Waals surface area contributed by atoms with Crippen molar-refractivity contribution in [1.82, 2.24) is 4.90 Å². The molecule has 98 valence electrons. The van der Waals surface area contributed by atoms with Crippen LogP contribution < -0.4 is 4.74 Å². The molecule has 1 aromatic carbocycles. The zero-order chi connectivity index (χ0) is 13.2. The van der Waals surface area contributed by atoms with Crippen LogP contribution in [0.1, 0.15) is 32.8 Å². The molecule has 0 fully saturated rings. The molecule has 0 N–H and O–H groups in total. The van der Waals surface area contributed by atoms with Crippen molar-refractivity contribution in [2.45, 2.75) is 32.7 Å². The first-order chi connectivity index (χ1) is 8.50. The summed E-state index contributed by atoms with van der Waals surface area (Å²) in [6.45, 7) is 9.04. The summed E-state index contributed by atoms with van der Waals surface area (Å²) in [6.07, 6.45) is 3.50. The molecule has 0 spiro atoms. The van der Waals surface area contributed by atoms with Gasteiger partial charge < -0.3 is 4.74 Å². The standard InChI is InChI=1S/C16H23NO/c1-16(2,3)17-11-5-6-14(12-17)13-7-9-15(18-4)10-8-13/h6-10H,5,11-12H2,1-4H3. The van der Waals surface area contributed by atoms with Crippen LogP contribution in [-0.4, -0.2) is 30.6 Å². The van der Waals surface area contributed by atoms with Gasteiger partial charge in [0, 0.05) is 18.6 Å². The second kappa shape index (κ2) is 5.15. The van der Waals surface area contributed by atoms with E-state index in [4.69, 9.17) is 4.74 Å². The lowest BCUT2D eigenvalue weighted by molar-refractivity contribution is 0.155. The average Bonchev–Trinajstić information content (AvgIpc) is 2.38. The van der Waals surface area contributed by atoms with E-state index in [-0.39, 0.29) is 5.54 Å². The van der Waals surface area contributed by atoms with E-state index in [1.165, 1.54) is 11.1 Å². The molecule has 0 atom stereocenters. The van der Waals surface area contributed by atoms with Gasteiger partial charge in [-0.25, -0.2) is 0 Å². The van der Waals surface area contributed by atoms with Crippen molar-refractivity contribution in [3.05, 3.63) is 35.9 Å². The highest BCUT2D eigenvalue weighted by atomic mass is 16.5. The number of nitrogens with zero attached hydrogens (tertiary/aromatic N) is 1. The zero-order valence-corrected chi connectivity index (χ0v) is 11.9. The van der Waals surface area contributed by atoms with Gasteiger partial charge in [-0.1, -0.05) is 18.2 Å². The molecule has 0 aromatic heterocycles. The third kappa shape index (κ3) is 2.94. The highest BCUT2D eigenvalue weighted by Crippen LogP contribution is 2.26. The second-order valence-corrected chi connectivity index (χ2v) is 5.84. The van der Waals surface area contributed by atoms with Crippen molar-refractivity contribution in [3.63, 3.8) is 0 Å². The van der Waals surface area contributed by atoms with Gasteiger partial charge in [0.1, 0.15) is 5.75 Å². The van der Waals surface area contributed by atoms with Gasteiger partial charge >= 0.3 is 0 Å². The monoisotopic (exact) mass is 245 g/mol. The number of hydrogen-bond donors (Lipinski definition) is 0. The lowest BCUT2D eigenvalue weighted by Crippen LogP contribution is -2.44. The van der Waals surface area contributed by atoms with Crippen molar-refractivity contribution in [3.8, 4) is 5.75 Å². The fraction of sp³-hybridized carbons (Fsp3) is 0.500. The fourth-order valence-corrected chi connectivity index (χ4v) is 2.33. The number of benzene rings is 1. The molecule has 18 heavy (non-hydrogen) atoms. The molecule has 2 nitrogen and oxygen atoms in total. The Morgan fingerprint density at radius 3 is 2.33 bits per heavy atom. The van der Waals surface area contributed by atoms with Crippen LogP contribution in [0.5, 0.6) is 5.75 Å². The molecular weight excluding hydrogens is 222 g/mol. The third-order valence-corrected chi connectivity index (χ3v) is 3.56. The van der Waals surface area contributed by atoms with Gasteiger partial charge in [0.25, 0.3) is 0 Å². The molecule has 0 bridgehead atoms. The summed E-state index contributed by atoms with van der Waals surface area (Å²) in [4.78, 5) is 2.53. The van der Waals surface area contributed by atoms with Crippen LogP contribution in [-0.2, 0) is 0 Å². The molecule has 0 amide bonds. The lowest BCUT2D eigenvalue weighted by Gasteiger charge is -2.38. The Hall–Kier alpha value is -1.28. The minimum absolute atomic E-state index is 0.242. The van der Waals surface area contributed by atoms with Crippen LogP contribution in [0.25, 0.3) is 5.57 Å². The minimum atomic E-state index is 0.242. The normalized spacial score (nSPS) is 17.4. The van der Waals surface area contributed by atoms with Crippen LogP contribution >= 0.6 is 0 Å². The van der Waals surface area contributed by atoms with Crippen LogP contribution in [0.2, 0.25) is 0 Å². The van der Waals surface area contributed by atoms with E-state index in [1.807, 2.05) is 12.1 Å². The van der Waals surface area contributed by atoms with Gasteiger partial charge in [-0.3, -0.25) is 4.90 Å². The molecule has 0 saturated carbocycles. The Bertz CT molecular complexity index is 425. The molecule has 0 aliphatic carbocycles. The quantitative estimate of drug-likeness (QED) is 0.789. The molecule has 2 rings (SSSR count). The summed E-state index contributed by atoms with van der Waals surface area (Å²) < 4.78 is 5.20. The van der Waals surface area contributed by atoms with Gasteiger partial charge in [-0.2, -0.15) is 0 Å². The first kappa shape index (κ1) is 13.2. The summed E-state index contributed by atoms with van der Waals surface area (Å²) in [5.41, 5.74) is 2.98. The Morgan fingerprint density at radius 2 is 1.78 bits per heavy atom. The van der Waals surface area contributed by atoms with Gasteiger partial charge in [0.15, 0.2) is 0 Å². The van der Waals surface area contributed by atoms with E-state index in [0.717, 1.165) is 25.3 Å². The maximum absolute atomic E-state index is 5.20. The van der Waals surface area contributed by atoms with E-state index in [1.54, 1.807) is 7.11 Å². The van der Waals surface area contributed by atoms with E-state index >= 15 is 0 Å². The van der Waals surface area contributed by atoms with Gasteiger partial charge in [-0.05, 0) is 50.5 Å². The SMILES string of the molecule is COc1ccc(C2=CCCN(C(C)(C)C)C2)cc1. The first-order valence-corrected chi connectivity index (χ1v) is 6.59. The van der Waals surface area contributed by atoms with Crippen molar-refractivity contribution in [2.75, 3.05) is 20.2 Å². The van der Waals surface area contributed by atoms with Crippen LogP contribution in [0.3, 0.4) is 0 Å². The summed E-state index contributed by atoms with van der Waals surface area (Å²) in [5, 5.41) is 0. The maximum Gasteiger partial charge on any atom is 0.118 e. The second-order valence-electron chi connectivity index (χ2n) is 5.84. The summed E-state index contributed by atoms with van der Waals surface area (Å²) in [7, 11) is 1.70. The molecule has 0 radical (unpaired) electrons. The maximum atomic E-state index is 5.20. The van der Waals surface area contributed by atoms with Crippen LogP contribution in [0, 0.1) is 0 Å². The average molecular weight is 245 g/mol. The van der Waals surface area contributed by atoms with Crippen LogP contribution in [0.4, 0.5) is 0 Å². The van der Waals surface area contributed by atoms with E-state index in [2.05, 4.69) is 43.9 Å². The van der Waals surface area contributed by atoms with Gasteiger partial charge in [-0.15, -0.1) is 0 Å². The Kier molecular flexibility index (Phi) is 3.76. The molecule has 0 saturated heterocycles. The van der Waals surface area contributed by atoms with E-state index in [9.17, 15) is 0 Å². The van der Waals surface area contributed by atoms with Gasteiger partial charge in [0.2, 0.25) is 0 Å². The summed E-state index contributed by atoms with van der Waals surface area (Å²) in [6, 6.07) is 8.37. The predicted molar refractivity (Wildman–Crippen MR) is 76.9 cm³/mol. The largest absolute Gasteiger partial charge is 0.497 e. The minimum Gasteiger partial charge on any atom is -0.497 e. The van der Waals surface area contributed by atoms with Crippen molar-refractivity contribution in [1.29, 1.82) is 0 Å². The summed E-state index contributed by atoms with van der Waals surface area (Å²) in [5.74, 6) is 0.919. The fourth-order valence-electron chi connectivity index (χ4n) is 2.33. The molecule has 0 unspecified atom stereocenters. The molecule has 1 heterocycles. The molecule has 2 heteroatoms. The van der Waals surface area contributed by atoms with Crippen LogP contribution in [0.15, 0.2) is 30.3 Å². The first-order valence-electron chi connectivity index (χ1n) is 6.59. The molecular formula is C16H23NO. The van der Waals surface area contributed by atoms with Crippen molar-refractivity contribution < 1.29 is 4.74 Å². The number of rotatable bonds is 2. The molecule has 1 aromatic rings. The van der Waals surface area contributed by atoms with Gasteiger partial charge in [0.05, 0.1) is 7.11 Å². The van der Waals surface area contributed by atoms with E-state index in [0.29, 0.717) is 0 Å². The zero-order valence-electron chi connectivity index (χ0n) is 11.9. The lowest BCUT2D eigenvalue weighted by atomic mass is 9.96. The highest BCUT2D eigenvalue weighted by molar-refractivity contribution is 5.68. The number of ether oxygens (including phenoxy) is 1. The van der Waals surface area contributed by atoms with Crippen molar-refractivity contribution in [2.24, 2.45) is 0 Å². The Labute approximate surface area is 110 Å². The topological polar surface area (TPSA) is 12.5 Å². The Balaban J connectivity index is 2.15. The summed E-state index contributed by atoms with van der Waals surface area (Å²) >= 11 is 0.